The molecule has 0 radical (unpaired) electrons. The monoisotopic (exact) mass is 351 g/mol. The molecule has 1 aliphatic rings. The topological polar surface area (TPSA) is 55.4 Å². The first kappa shape index (κ1) is 18.2. The number of hydrogen-bond acceptors (Lipinski definition) is 3. The van der Waals surface area contributed by atoms with Crippen molar-refractivity contribution in [2.24, 2.45) is 11.8 Å². The largest absolute Gasteiger partial charge is 0.455 e. The van der Waals surface area contributed by atoms with Gasteiger partial charge in [-0.2, -0.15) is 0 Å². The van der Waals surface area contributed by atoms with E-state index in [1.165, 1.54) is 11.1 Å². The number of esters is 1. The molecule has 1 amide bonds. The first-order valence-electron chi connectivity index (χ1n) is 9.18. The summed E-state index contributed by atoms with van der Waals surface area (Å²) in [5, 5.41) is 2.86. The van der Waals surface area contributed by atoms with Crippen molar-refractivity contribution >= 4 is 11.9 Å². The van der Waals surface area contributed by atoms with Crippen LogP contribution < -0.4 is 5.32 Å². The number of hydrogen-bond donors (Lipinski definition) is 1. The maximum absolute atomic E-state index is 11.9. The molecular formula is C22H25NO3. The lowest BCUT2D eigenvalue weighted by atomic mass is 9.88. The number of nitrogens with one attached hydrogen (secondary N) is 1. The van der Waals surface area contributed by atoms with Gasteiger partial charge in [0.05, 0.1) is 5.92 Å². The highest BCUT2D eigenvalue weighted by Gasteiger charge is 2.40. The van der Waals surface area contributed by atoms with Crippen molar-refractivity contribution in [3.63, 3.8) is 0 Å². The molecule has 1 fully saturated rings. The zero-order valence-corrected chi connectivity index (χ0v) is 15.1. The number of benzene rings is 2. The normalized spacial score (nSPS) is 18.4. The second-order valence-electron chi connectivity index (χ2n) is 6.94. The zero-order chi connectivity index (χ0) is 18.4. The molecule has 2 unspecified atom stereocenters. The van der Waals surface area contributed by atoms with Crippen LogP contribution in [0.25, 0.3) is 0 Å². The second-order valence-corrected chi connectivity index (χ2v) is 6.94. The third-order valence-corrected chi connectivity index (χ3v) is 4.92. The van der Waals surface area contributed by atoms with Crippen molar-refractivity contribution < 1.29 is 14.3 Å². The molecule has 136 valence electrons. The molecule has 1 saturated carbocycles. The lowest BCUT2D eigenvalue weighted by Crippen LogP contribution is -2.30. The van der Waals surface area contributed by atoms with Crippen molar-refractivity contribution in [3.05, 3.63) is 71.8 Å². The van der Waals surface area contributed by atoms with Gasteiger partial charge in [0.25, 0.3) is 5.91 Å². The minimum atomic E-state index is -0.251. The minimum Gasteiger partial charge on any atom is -0.455 e. The highest BCUT2D eigenvalue weighted by Crippen LogP contribution is 2.38. The third-order valence-electron chi connectivity index (χ3n) is 4.92. The van der Waals surface area contributed by atoms with E-state index in [-0.39, 0.29) is 30.3 Å². The summed E-state index contributed by atoms with van der Waals surface area (Å²) >= 11 is 0. The fourth-order valence-corrected chi connectivity index (χ4v) is 3.20. The van der Waals surface area contributed by atoms with Crippen LogP contribution in [0.4, 0.5) is 0 Å². The van der Waals surface area contributed by atoms with Gasteiger partial charge in [0.15, 0.2) is 6.61 Å². The maximum Gasteiger partial charge on any atom is 0.309 e. The molecule has 1 aliphatic carbocycles. The van der Waals surface area contributed by atoms with Gasteiger partial charge in [-0.15, -0.1) is 0 Å². The number of carbonyl (C=O) groups is 2. The van der Waals surface area contributed by atoms with E-state index in [0.717, 1.165) is 12.8 Å². The third kappa shape index (κ3) is 4.94. The Morgan fingerprint density at radius 1 is 1.04 bits per heavy atom. The average molecular weight is 351 g/mol. The van der Waals surface area contributed by atoms with E-state index >= 15 is 0 Å². The van der Waals surface area contributed by atoms with Crippen molar-refractivity contribution in [1.82, 2.24) is 5.32 Å². The van der Waals surface area contributed by atoms with E-state index in [2.05, 4.69) is 29.6 Å². The molecule has 3 rings (SSSR count). The standard InChI is InChI=1S/C22H25NO3/c1-16-14-20(16)22(25)26-15-21(24)23-13-12-19(17-8-4-2-5-9-17)18-10-6-3-7-11-18/h2-11,16,19-20H,12-15H2,1H3,(H,23,24). The molecule has 0 spiro atoms. The molecule has 0 aliphatic heterocycles. The fourth-order valence-electron chi connectivity index (χ4n) is 3.20. The molecule has 0 bridgehead atoms. The Balaban J connectivity index is 1.50. The minimum absolute atomic E-state index is 0.0108. The van der Waals surface area contributed by atoms with Gasteiger partial charge in [0.1, 0.15) is 0 Å². The molecule has 2 aromatic rings. The maximum atomic E-state index is 11.9. The van der Waals surface area contributed by atoms with Gasteiger partial charge in [-0.3, -0.25) is 9.59 Å². The van der Waals surface area contributed by atoms with E-state index in [9.17, 15) is 9.59 Å². The van der Waals surface area contributed by atoms with Gasteiger partial charge >= 0.3 is 5.97 Å². The molecule has 26 heavy (non-hydrogen) atoms. The van der Waals surface area contributed by atoms with Gasteiger partial charge in [-0.25, -0.2) is 0 Å². The Morgan fingerprint density at radius 2 is 1.58 bits per heavy atom. The summed E-state index contributed by atoms with van der Waals surface area (Å²) in [4.78, 5) is 23.6. The van der Waals surface area contributed by atoms with Gasteiger partial charge < -0.3 is 10.1 Å². The van der Waals surface area contributed by atoms with E-state index in [0.29, 0.717) is 12.5 Å². The van der Waals surface area contributed by atoms with Crippen LogP contribution in [0.2, 0.25) is 0 Å². The smallest absolute Gasteiger partial charge is 0.309 e. The van der Waals surface area contributed by atoms with Crippen LogP contribution in [0.15, 0.2) is 60.7 Å². The number of carbonyl (C=O) groups excluding carboxylic acids is 2. The first-order chi connectivity index (χ1) is 12.6. The lowest BCUT2D eigenvalue weighted by Gasteiger charge is -2.18. The molecule has 0 aromatic heterocycles. The highest BCUT2D eigenvalue weighted by atomic mass is 16.5. The van der Waals surface area contributed by atoms with Crippen LogP contribution in [-0.4, -0.2) is 25.0 Å². The Bertz CT molecular complexity index is 690. The summed E-state index contributed by atoms with van der Waals surface area (Å²) in [5.74, 6) is 0.101. The van der Waals surface area contributed by atoms with Crippen LogP contribution in [-0.2, 0) is 14.3 Å². The van der Waals surface area contributed by atoms with Crippen LogP contribution in [0, 0.1) is 11.8 Å². The highest BCUT2D eigenvalue weighted by molar-refractivity contribution is 5.82. The van der Waals surface area contributed by atoms with E-state index in [1.54, 1.807) is 0 Å². The second kappa shape index (κ2) is 8.65. The number of amides is 1. The van der Waals surface area contributed by atoms with Gasteiger partial charge in [-0.05, 0) is 29.9 Å². The van der Waals surface area contributed by atoms with E-state index in [4.69, 9.17) is 4.74 Å². The van der Waals surface area contributed by atoms with Crippen molar-refractivity contribution in [2.75, 3.05) is 13.2 Å². The molecule has 2 aromatic carbocycles. The molecule has 0 saturated heterocycles. The van der Waals surface area contributed by atoms with Crippen molar-refractivity contribution in [2.45, 2.75) is 25.7 Å². The summed E-state index contributed by atoms with van der Waals surface area (Å²) in [7, 11) is 0. The van der Waals surface area contributed by atoms with Crippen molar-refractivity contribution in [3.8, 4) is 0 Å². The Morgan fingerprint density at radius 3 is 2.08 bits per heavy atom. The lowest BCUT2D eigenvalue weighted by molar-refractivity contribution is -0.150. The molecule has 4 heteroatoms. The van der Waals surface area contributed by atoms with Crippen molar-refractivity contribution in [1.29, 1.82) is 0 Å². The number of ether oxygens (including phenoxy) is 1. The predicted molar refractivity (Wildman–Crippen MR) is 101 cm³/mol. The summed E-state index contributed by atoms with van der Waals surface area (Å²) in [6.07, 6.45) is 1.66. The van der Waals surface area contributed by atoms with E-state index in [1.807, 2.05) is 43.3 Å². The van der Waals surface area contributed by atoms with Crippen LogP contribution >= 0.6 is 0 Å². The van der Waals surface area contributed by atoms with E-state index < -0.39 is 0 Å². The summed E-state index contributed by atoms with van der Waals surface area (Å²) in [6.45, 7) is 2.35. The molecule has 1 N–H and O–H groups in total. The summed E-state index contributed by atoms with van der Waals surface area (Å²) in [6, 6.07) is 20.6. The number of rotatable bonds is 8. The van der Waals surface area contributed by atoms with Crippen LogP contribution in [0.5, 0.6) is 0 Å². The molecule has 4 nitrogen and oxygen atoms in total. The zero-order valence-electron chi connectivity index (χ0n) is 15.1. The first-order valence-corrected chi connectivity index (χ1v) is 9.18. The predicted octanol–water partition coefficient (Wildman–Crippen LogP) is 3.52. The van der Waals surface area contributed by atoms with Crippen LogP contribution in [0.1, 0.15) is 36.8 Å². The Kier molecular flexibility index (Phi) is 6.05. The summed E-state index contributed by atoms with van der Waals surface area (Å²) < 4.78 is 5.07. The van der Waals surface area contributed by atoms with Gasteiger partial charge in [0.2, 0.25) is 0 Å². The Hall–Kier alpha value is -2.62. The SMILES string of the molecule is CC1CC1C(=O)OCC(=O)NCCC(c1ccccc1)c1ccccc1. The average Bonchev–Trinajstić information content (AvgIpc) is 3.41. The molecular weight excluding hydrogens is 326 g/mol. The molecule has 2 atom stereocenters. The molecule has 0 heterocycles. The van der Waals surface area contributed by atoms with Gasteiger partial charge in [-0.1, -0.05) is 67.6 Å². The summed E-state index contributed by atoms with van der Waals surface area (Å²) in [5.41, 5.74) is 2.45. The fraction of sp³-hybridized carbons (Fsp3) is 0.364. The van der Waals surface area contributed by atoms with Crippen LogP contribution in [0.3, 0.4) is 0 Å². The quantitative estimate of drug-likeness (QED) is 0.740. The van der Waals surface area contributed by atoms with Gasteiger partial charge in [0, 0.05) is 12.5 Å². The Labute approximate surface area is 154 Å².